The average molecular weight is 509 g/mol. The van der Waals surface area contributed by atoms with Gasteiger partial charge in [0, 0.05) is 55.7 Å². The minimum Gasteiger partial charge on any atom is -0.362 e. The molecule has 0 bridgehead atoms. The molecule has 5 rings (SSSR count). The minimum atomic E-state index is -4.33. The van der Waals surface area contributed by atoms with E-state index in [1.54, 1.807) is 0 Å². The number of para-hydroxylation sites is 1. The molecule has 2 N–H and O–H groups in total. The molecule has 0 radical (unpaired) electrons. The van der Waals surface area contributed by atoms with E-state index in [-0.39, 0.29) is 0 Å². The van der Waals surface area contributed by atoms with Gasteiger partial charge in [-0.25, -0.2) is 4.98 Å². The molecule has 37 heavy (non-hydrogen) atoms. The van der Waals surface area contributed by atoms with Crippen LogP contribution in [-0.2, 0) is 12.7 Å². The summed E-state index contributed by atoms with van der Waals surface area (Å²) in [6, 6.07) is 17.9. The van der Waals surface area contributed by atoms with Crippen molar-refractivity contribution in [3.05, 3.63) is 78.1 Å². The van der Waals surface area contributed by atoms with Gasteiger partial charge in [-0.3, -0.25) is 0 Å². The van der Waals surface area contributed by atoms with E-state index in [4.69, 9.17) is 9.97 Å². The molecular weight excluding hydrogens is 477 g/mol. The van der Waals surface area contributed by atoms with Crippen LogP contribution in [0.3, 0.4) is 0 Å². The zero-order valence-electron chi connectivity index (χ0n) is 21.0. The molecule has 1 aliphatic rings. The molecule has 0 aliphatic heterocycles. The highest BCUT2D eigenvalue weighted by molar-refractivity contribution is 5.90. The zero-order chi connectivity index (χ0) is 26.0. The zero-order valence-corrected chi connectivity index (χ0v) is 21.0. The van der Waals surface area contributed by atoms with Gasteiger partial charge in [0.05, 0.1) is 11.1 Å². The number of halogens is 3. The summed E-state index contributed by atoms with van der Waals surface area (Å²) in [5.41, 5.74) is 2.02. The van der Waals surface area contributed by atoms with Gasteiger partial charge in [-0.2, -0.15) is 18.2 Å². The number of aromatic nitrogens is 3. The molecule has 1 saturated carbocycles. The summed E-state index contributed by atoms with van der Waals surface area (Å²) in [6.45, 7) is 0.650. The van der Waals surface area contributed by atoms with Gasteiger partial charge in [0.2, 0.25) is 5.95 Å². The second kappa shape index (κ2) is 10.4. The number of benzene rings is 2. The maximum atomic E-state index is 12.9. The van der Waals surface area contributed by atoms with Gasteiger partial charge in [-0.1, -0.05) is 12.1 Å². The molecule has 9 heteroatoms. The standard InChI is InChI=1S/C28H31F3N6/c1-36(2)26-24-7-3-4-8-25(24)34-27(35-26)33-21-13-11-20(12-14-21)32-18-23-6-5-17-37(23)22-15-9-19(10-16-22)28(29,30)31/h3-10,15-17,20-21,32H,11-14,18H2,1-2H3,(H,33,34,35)/t20-,21+. The third kappa shape index (κ3) is 5.72. The van der Waals surface area contributed by atoms with Crippen LogP contribution in [0.4, 0.5) is 24.9 Å². The Morgan fingerprint density at radius 3 is 2.30 bits per heavy atom. The predicted octanol–water partition coefficient (Wildman–Crippen LogP) is 6.02. The van der Waals surface area contributed by atoms with E-state index >= 15 is 0 Å². The summed E-state index contributed by atoms with van der Waals surface area (Å²) in [5, 5.41) is 8.21. The minimum absolute atomic E-state index is 0.310. The Bertz CT molecular complexity index is 1340. The first-order chi connectivity index (χ1) is 17.8. The lowest BCUT2D eigenvalue weighted by molar-refractivity contribution is -0.137. The van der Waals surface area contributed by atoms with E-state index in [1.807, 2.05) is 66.2 Å². The molecule has 6 nitrogen and oxygen atoms in total. The van der Waals surface area contributed by atoms with Crippen molar-refractivity contribution in [2.75, 3.05) is 24.3 Å². The van der Waals surface area contributed by atoms with E-state index in [1.165, 1.54) is 12.1 Å². The molecule has 2 aromatic carbocycles. The van der Waals surface area contributed by atoms with Crippen molar-refractivity contribution in [2.45, 2.75) is 50.5 Å². The SMILES string of the molecule is CN(C)c1nc(N[C@H]2CC[C@@H](NCc3cccn3-c3ccc(C(F)(F)F)cc3)CC2)nc2ccccc12. The molecule has 1 aliphatic carbocycles. The van der Waals surface area contributed by atoms with Crippen LogP contribution in [0.5, 0.6) is 0 Å². The Hall–Kier alpha value is -3.59. The highest BCUT2D eigenvalue weighted by Crippen LogP contribution is 2.30. The first kappa shape index (κ1) is 25.1. The average Bonchev–Trinajstić information content (AvgIpc) is 3.36. The molecule has 2 heterocycles. The van der Waals surface area contributed by atoms with Crippen molar-refractivity contribution in [1.82, 2.24) is 19.9 Å². The summed E-state index contributed by atoms with van der Waals surface area (Å²) in [4.78, 5) is 11.5. The first-order valence-electron chi connectivity index (χ1n) is 12.6. The highest BCUT2D eigenvalue weighted by atomic mass is 19.4. The summed E-state index contributed by atoms with van der Waals surface area (Å²) in [7, 11) is 3.98. The lowest BCUT2D eigenvalue weighted by Crippen LogP contribution is -2.37. The molecule has 0 spiro atoms. The highest BCUT2D eigenvalue weighted by Gasteiger charge is 2.30. The van der Waals surface area contributed by atoms with E-state index in [0.29, 0.717) is 24.6 Å². The molecule has 2 aromatic heterocycles. The number of hydrogen-bond acceptors (Lipinski definition) is 5. The molecule has 4 aromatic rings. The number of alkyl halides is 3. The van der Waals surface area contributed by atoms with Crippen LogP contribution < -0.4 is 15.5 Å². The molecule has 0 atom stereocenters. The number of anilines is 2. The van der Waals surface area contributed by atoms with Gasteiger partial charge in [0.1, 0.15) is 5.82 Å². The summed E-state index contributed by atoms with van der Waals surface area (Å²) in [6.07, 6.45) is 1.60. The third-order valence-corrected chi connectivity index (χ3v) is 6.94. The van der Waals surface area contributed by atoms with Crippen molar-refractivity contribution in [3.8, 4) is 5.69 Å². The van der Waals surface area contributed by atoms with Crippen LogP contribution in [-0.4, -0.2) is 40.7 Å². The first-order valence-corrected chi connectivity index (χ1v) is 12.6. The quantitative estimate of drug-likeness (QED) is 0.320. The largest absolute Gasteiger partial charge is 0.416 e. The van der Waals surface area contributed by atoms with Crippen molar-refractivity contribution >= 4 is 22.7 Å². The van der Waals surface area contributed by atoms with E-state index in [2.05, 4.69) is 10.6 Å². The van der Waals surface area contributed by atoms with E-state index in [9.17, 15) is 13.2 Å². The van der Waals surface area contributed by atoms with Gasteiger partial charge < -0.3 is 20.1 Å². The van der Waals surface area contributed by atoms with Crippen LogP contribution in [0.15, 0.2) is 66.9 Å². The Morgan fingerprint density at radius 2 is 1.59 bits per heavy atom. The summed E-state index contributed by atoms with van der Waals surface area (Å²) in [5.74, 6) is 1.56. The fourth-order valence-corrected chi connectivity index (χ4v) is 4.96. The lowest BCUT2D eigenvalue weighted by atomic mass is 9.91. The predicted molar refractivity (Wildman–Crippen MR) is 141 cm³/mol. The Morgan fingerprint density at radius 1 is 0.892 bits per heavy atom. The lowest BCUT2D eigenvalue weighted by Gasteiger charge is -2.30. The molecule has 0 saturated heterocycles. The van der Waals surface area contributed by atoms with Crippen LogP contribution in [0.1, 0.15) is 36.9 Å². The molecule has 1 fully saturated rings. The fourth-order valence-electron chi connectivity index (χ4n) is 4.96. The topological polar surface area (TPSA) is 58.0 Å². The smallest absolute Gasteiger partial charge is 0.362 e. The maximum absolute atomic E-state index is 12.9. The second-order valence-electron chi connectivity index (χ2n) is 9.77. The van der Waals surface area contributed by atoms with Crippen molar-refractivity contribution in [3.63, 3.8) is 0 Å². The summed E-state index contributed by atoms with van der Waals surface area (Å²) < 4.78 is 40.6. The Kier molecular flexibility index (Phi) is 7.06. The molecular formula is C28H31F3N6. The van der Waals surface area contributed by atoms with Gasteiger partial charge in [-0.15, -0.1) is 0 Å². The third-order valence-electron chi connectivity index (χ3n) is 6.94. The monoisotopic (exact) mass is 508 g/mol. The number of fused-ring (bicyclic) bond motifs is 1. The van der Waals surface area contributed by atoms with E-state index in [0.717, 1.165) is 65.9 Å². The number of nitrogens with zero attached hydrogens (tertiary/aromatic N) is 4. The molecule has 194 valence electrons. The van der Waals surface area contributed by atoms with Gasteiger partial charge >= 0.3 is 6.18 Å². The Balaban J connectivity index is 1.17. The van der Waals surface area contributed by atoms with Crippen LogP contribution in [0.25, 0.3) is 16.6 Å². The van der Waals surface area contributed by atoms with Crippen molar-refractivity contribution in [1.29, 1.82) is 0 Å². The molecule has 0 unspecified atom stereocenters. The number of nitrogens with one attached hydrogen (secondary N) is 2. The normalized spacial score (nSPS) is 18.2. The number of rotatable bonds is 7. The van der Waals surface area contributed by atoms with Crippen molar-refractivity contribution in [2.24, 2.45) is 0 Å². The van der Waals surface area contributed by atoms with Gasteiger partial charge in [0.25, 0.3) is 0 Å². The van der Waals surface area contributed by atoms with Crippen molar-refractivity contribution < 1.29 is 13.2 Å². The Labute approximate surface area is 214 Å². The number of hydrogen-bond donors (Lipinski definition) is 2. The summed E-state index contributed by atoms with van der Waals surface area (Å²) >= 11 is 0. The second-order valence-corrected chi connectivity index (χ2v) is 9.77. The van der Waals surface area contributed by atoms with Gasteiger partial charge in [0.15, 0.2) is 0 Å². The maximum Gasteiger partial charge on any atom is 0.416 e. The van der Waals surface area contributed by atoms with Crippen LogP contribution in [0, 0.1) is 0 Å². The van der Waals surface area contributed by atoms with Gasteiger partial charge in [-0.05, 0) is 74.2 Å². The van der Waals surface area contributed by atoms with Crippen LogP contribution >= 0.6 is 0 Å². The van der Waals surface area contributed by atoms with E-state index < -0.39 is 11.7 Å². The van der Waals surface area contributed by atoms with Crippen LogP contribution in [0.2, 0.25) is 0 Å². The fraction of sp³-hybridized carbons (Fsp3) is 0.357. The molecule has 0 amide bonds.